The fraction of sp³-hybridized carbons (Fsp3) is 0.481. The summed E-state index contributed by atoms with van der Waals surface area (Å²) in [4.78, 5) is 29.5. The molecule has 0 radical (unpaired) electrons. The molecule has 1 heterocycles. The summed E-state index contributed by atoms with van der Waals surface area (Å²) in [6.45, 7) is 6.80. The van der Waals surface area contributed by atoms with E-state index in [2.05, 4.69) is 17.0 Å². The van der Waals surface area contributed by atoms with Gasteiger partial charge in [-0.15, -0.1) is 0 Å². The predicted octanol–water partition coefficient (Wildman–Crippen LogP) is 2.77. The molecule has 2 aromatic rings. The molecule has 1 saturated heterocycles. The fourth-order valence-corrected chi connectivity index (χ4v) is 4.53. The second kappa shape index (κ2) is 12.7. The van der Waals surface area contributed by atoms with Crippen molar-refractivity contribution in [2.24, 2.45) is 0 Å². The van der Waals surface area contributed by atoms with Crippen LogP contribution in [-0.2, 0) is 22.6 Å². The lowest BCUT2D eigenvalue weighted by molar-refractivity contribution is -0.168. The quantitative estimate of drug-likeness (QED) is 0.197. The van der Waals surface area contributed by atoms with E-state index in [0.717, 1.165) is 24.3 Å². The van der Waals surface area contributed by atoms with Crippen molar-refractivity contribution in [1.82, 2.24) is 15.3 Å². The van der Waals surface area contributed by atoms with Gasteiger partial charge in [0.1, 0.15) is 5.75 Å². The van der Waals surface area contributed by atoms with Crippen LogP contribution in [0.5, 0.6) is 5.75 Å². The van der Waals surface area contributed by atoms with Crippen LogP contribution in [0.2, 0.25) is 0 Å². The van der Waals surface area contributed by atoms with Gasteiger partial charge in [0.25, 0.3) is 11.8 Å². The number of nitrogens with zero attached hydrogens (tertiary/aromatic N) is 2. The molecule has 0 unspecified atom stereocenters. The van der Waals surface area contributed by atoms with Crippen LogP contribution in [0.3, 0.4) is 0 Å². The van der Waals surface area contributed by atoms with Crippen molar-refractivity contribution in [1.29, 1.82) is 0 Å². The van der Waals surface area contributed by atoms with Gasteiger partial charge in [0.05, 0.1) is 6.61 Å². The van der Waals surface area contributed by atoms with Gasteiger partial charge in [0, 0.05) is 32.2 Å². The number of hydrogen-bond acceptors (Lipinski definition) is 6. The van der Waals surface area contributed by atoms with Crippen LogP contribution in [0.1, 0.15) is 44.2 Å². The average Bonchev–Trinajstić information content (AvgIpc) is 2.88. The van der Waals surface area contributed by atoms with Crippen molar-refractivity contribution in [2.45, 2.75) is 57.7 Å². The first-order valence-electron chi connectivity index (χ1n) is 12.3. The van der Waals surface area contributed by atoms with E-state index in [4.69, 9.17) is 4.74 Å². The maximum atomic E-state index is 13.3. The van der Waals surface area contributed by atoms with Crippen molar-refractivity contribution < 1.29 is 24.6 Å². The number of nitrogens with one attached hydrogen (secondary N) is 1. The molecule has 0 bridgehead atoms. The molecule has 35 heavy (non-hydrogen) atoms. The van der Waals surface area contributed by atoms with Gasteiger partial charge in [-0.25, -0.2) is 5.48 Å². The van der Waals surface area contributed by atoms with Crippen LogP contribution >= 0.6 is 0 Å². The zero-order valence-electron chi connectivity index (χ0n) is 20.7. The van der Waals surface area contributed by atoms with E-state index in [-0.39, 0.29) is 12.5 Å². The number of ether oxygens (including phenoxy) is 1. The van der Waals surface area contributed by atoms with Crippen LogP contribution in [0.4, 0.5) is 0 Å². The van der Waals surface area contributed by atoms with E-state index in [0.29, 0.717) is 39.1 Å². The largest absolute Gasteiger partial charge is 0.494 e. The lowest BCUT2D eigenvalue weighted by Gasteiger charge is -2.42. The highest BCUT2D eigenvalue weighted by Gasteiger charge is 2.47. The van der Waals surface area contributed by atoms with E-state index in [1.807, 2.05) is 56.3 Å². The van der Waals surface area contributed by atoms with Gasteiger partial charge in [0.2, 0.25) is 5.60 Å². The number of rotatable bonds is 11. The minimum absolute atomic E-state index is 0.0616. The molecule has 3 N–H and O–H groups in total. The first-order chi connectivity index (χ1) is 16.9. The average molecular weight is 484 g/mol. The molecule has 1 fully saturated rings. The standard InChI is InChI=1S/C27H37N3O5/c1-3-35-24-14-12-22(13-15-24)9-7-8-16-27(33,25(31)28-34)26(32)30-18-17-29(21(2)19-30)20-23-10-5-4-6-11-23/h4-6,10-15,21,33-34H,3,7-9,16-20H2,1-2H3,(H,28,31)/t21-,27-/m1/s1. The summed E-state index contributed by atoms with van der Waals surface area (Å²) in [5.74, 6) is -0.923. The third kappa shape index (κ3) is 7.04. The summed E-state index contributed by atoms with van der Waals surface area (Å²) >= 11 is 0. The summed E-state index contributed by atoms with van der Waals surface area (Å²) in [5.41, 5.74) is 1.50. The van der Waals surface area contributed by atoms with Crippen molar-refractivity contribution in [3.63, 3.8) is 0 Å². The second-order valence-electron chi connectivity index (χ2n) is 9.14. The number of hydroxylamine groups is 1. The van der Waals surface area contributed by atoms with Gasteiger partial charge < -0.3 is 14.7 Å². The minimum Gasteiger partial charge on any atom is -0.494 e. The molecule has 0 saturated carbocycles. The number of aliphatic hydroxyl groups is 1. The van der Waals surface area contributed by atoms with Crippen molar-refractivity contribution in [2.75, 3.05) is 26.2 Å². The number of unbranched alkanes of at least 4 members (excludes halogenated alkanes) is 1. The van der Waals surface area contributed by atoms with E-state index in [1.165, 1.54) is 15.9 Å². The van der Waals surface area contributed by atoms with Crippen LogP contribution in [0, 0.1) is 0 Å². The molecule has 8 nitrogen and oxygen atoms in total. The number of piperazine rings is 1. The number of carbonyl (C=O) groups excluding carboxylic acids is 2. The van der Waals surface area contributed by atoms with Gasteiger partial charge in [-0.3, -0.25) is 19.7 Å². The second-order valence-corrected chi connectivity index (χ2v) is 9.14. The van der Waals surface area contributed by atoms with Gasteiger partial charge in [0.15, 0.2) is 0 Å². The van der Waals surface area contributed by atoms with Gasteiger partial charge >= 0.3 is 0 Å². The third-order valence-electron chi connectivity index (χ3n) is 6.60. The number of amides is 2. The highest BCUT2D eigenvalue weighted by atomic mass is 16.5. The van der Waals surface area contributed by atoms with E-state index in [1.54, 1.807) is 0 Å². The normalized spacial score (nSPS) is 18.1. The van der Waals surface area contributed by atoms with Gasteiger partial charge in [-0.1, -0.05) is 42.5 Å². The van der Waals surface area contributed by atoms with Crippen LogP contribution in [0.25, 0.3) is 0 Å². The van der Waals surface area contributed by atoms with Crippen molar-refractivity contribution >= 4 is 11.8 Å². The molecule has 0 aromatic heterocycles. The molecule has 1 aliphatic rings. The Morgan fingerprint density at radius 1 is 1.06 bits per heavy atom. The zero-order chi connectivity index (χ0) is 25.3. The summed E-state index contributed by atoms with van der Waals surface area (Å²) in [6.07, 6.45) is 1.82. The maximum Gasteiger partial charge on any atom is 0.285 e. The first kappa shape index (κ1) is 26.7. The molecule has 2 atom stereocenters. The Balaban J connectivity index is 1.55. The number of aryl methyl sites for hydroxylation is 1. The summed E-state index contributed by atoms with van der Waals surface area (Å²) in [7, 11) is 0. The van der Waals surface area contributed by atoms with Gasteiger partial charge in [-0.2, -0.15) is 0 Å². The molecule has 190 valence electrons. The predicted molar refractivity (Wildman–Crippen MR) is 133 cm³/mol. The van der Waals surface area contributed by atoms with Crippen LogP contribution in [0.15, 0.2) is 54.6 Å². The molecular formula is C27H37N3O5. The van der Waals surface area contributed by atoms with Crippen molar-refractivity contribution in [3.05, 3.63) is 65.7 Å². The lowest BCUT2D eigenvalue weighted by Crippen LogP contribution is -2.62. The Kier molecular flexibility index (Phi) is 9.65. The molecule has 2 amide bonds. The lowest BCUT2D eigenvalue weighted by atomic mass is 9.92. The van der Waals surface area contributed by atoms with E-state index >= 15 is 0 Å². The molecule has 8 heteroatoms. The highest BCUT2D eigenvalue weighted by Crippen LogP contribution is 2.23. The Labute approximate surface area is 207 Å². The monoisotopic (exact) mass is 483 g/mol. The highest BCUT2D eigenvalue weighted by molar-refractivity contribution is 6.07. The van der Waals surface area contributed by atoms with Crippen LogP contribution in [-0.4, -0.2) is 69.8 Å². The Morgan fingerprint density at radius 3 is 2.40 bits per heavy atom. The summed E-state index contributed by atoms with van der Waals surface area (Å²) in [6, 6.07) is 18.0. The molecular weight excluding hydrogens is 446 g/mol. The fourth-order valence-electron chi connectivity index (χ4n) is 4.53. The zero-order valence-corrected chi connectivity index (χ0v) is 20.7. The molecule has 0 aliphatic carbocycles. The van der Waals surface area contributed by atoms with Gasteiger partial charge in [-0.05, 0) is 62.8 Å². The maximum absolute atomic E-state index is 13.3. The summed E-state index contributed by atoms with van der Waals surface area (Å²) < 4.78 is 5.45. The molecule has 1 aliphatic heterocycles. The number of benzene rings is 2. The third-order valence-corrected chi connectivity index (χ3v) is 6.60. The first-order valence-corrected chi connectivity index (χ1v) is 12.3. The minimum atomic E-state index is -2.30. The molecule has 2 aromatic carbocycles. The summed E-state index contributed by atoms with van der Waals surface area (Å²) in [5, 5.41) is 20.3. The Morgan fingerprint density at radius 2 is 1.77 bits per heavy atom. The Bertz CT molecular complexity index is 953. The Hall–Kier alpha value is -2.94. The number of hydrogen-bond donors (Lipinski definition) is 3. The number of carbonyl (C=O) groups is 2. The molecule has 0 spiro atoms. The topological polar surface area (TPSA) is 102 Å². The SMILES string of the molecule is CCOc1ccc(CCCC[C@@](O)(C(=O)NO)C(=O)N2CCN(Cc3ccccc3)[C@H](C)C2)cc1. The van der Waals surface area contributed by atoms with E-state index < -0.39 is 17.4 Å². The molecule has 3 rings (SSSR count). The van der Waals surface area contributed by atoms with E-state index in [9.17, 15) is 19.9 Å². The smallest absolute Gasteiger partial charge is 0.285 e. The van der Waals surface area contributed by atoms with Crippen LogP contribution < -0.4 is 10.2 Å². The van der Waals surface area contributed by atoms with Crippen molar-refractivity contribution in [3.8, 4) is 5.75 Å².